The predicted molar refractivity (Wildman–Crippen MR) is 153 cm³/mol. The molecule has 0 unspecified atom stereocenters. The molecule has 5 rings (SSSR count). The molecular weight excluding hydrogens is 496 g/mol. The summed E-state index contributed by atoms with van der Waals surface area (Å²) in [6.07, 6.45) is 0.772. The Balaban J connectivity index is 1.46. The van der Waals surface area contributed by atoms with Crippen LogP contribution in [0.5, 0.6) is 5.75 Å². The van der Waals surface area contributed by atoms with Crippen LogP contribution >= 0.6 is 0 Å². The minimum absolute atomic E-state index is 0.122. The van der Waals surface area contributed by atoms with Gasteiger partial charge in [0.15, 0.2) is 0 Å². The Hall–Kier alpha value is -4.07. The molecule has 0 spiro atoms. The zero-order valence-corrected chi connectivity index (χ0v) is 22.2. The maximum absolute atomic E-state index is 11.8. The molecule has 2 N–H and O–H groups in total. The van der Waals surface area contributed by atoms with Gasteiger partial charge in [0.05, 0.1) is 12.3 Å². The molecule has 194 valence electrons. The molecule has 38 heavy (non-hydrogen) atoms. The number of hydrogen-bond acceptors (Lipinski definition) is 4. The average Bonchev–Trinajstić information content (AvgIpc) is 3.24. The summed E-state index contributed by atoms with van der Waals surface area (Å²) in [5.74, 6) is 0.122. The van der Waals surface area contributed by atoms with E-state index >= 15 is 0 Å². The normalized spacial score (nSPS) is 11.6. The van der Waals surface area contributed by atoms with Crippen molar-refractivity contribution in [3.05, 3.63) is 108 Å². The Morgan fingerprint density at radius 2 is 1.53 bits per heavy atom. The molecule has 0 fully saturated rings. The van der Waals surface area contributed by atoms with Crippen molar-refractivity contribution in [3.63, 3.8) is 0 Å². The van der Waals surface area contributed by atoms with Gasteiger partial charge in [-0.15, -0.1) is 0 Å². The molecule has 0 atom stereocenters. The molecule has 0 amide bonds. The molecular formula is C31H30N2O4S. The molecule has 0 aliphatic heterocycles. The second-order valence-corrected chi connectivity index (χ2v) is 10.4. The fourth-order valence-corrected chi connectivity index (χ4v) is 5.60. The maximum atomic E-state index is 11.8. The Bertz CT molecular complexity index is 1680. The first-order valence-corrected chi connectivity index (χ1v) is 14.1. The molecule has 0 aliphatic carbocycles. The van der Waals surface area contributed by atoms with Gasteiger partial charge in [-0.2, -0.15) is 8.42 Å². The van der Waals surface area contributed by atoms with E-state index in [-0.39, 0.29) is 10.6 Å². The molecule has 0 radical (unpaired) electrons. The summed E-state index contributed by atoms with van der Waals surface area (Å²) in [6.45, 7) is 5.10. The van der Waals surface area contributed by atoms with Crippen molar-refractivity contribution in [2.24, 2.45) is 0 Å². The van der Waals surface area contributed by atoms with Crippen LogP contribution in [0.2, 0.25) is 0 Å². The Morgan fingerprint density at radius 1 is 0.842 bits per heavy atom. The molecule has 6 nitrogen and oxygen atoms in total. The van der Waals surface area contributed by atoms with Gasteiger partial charge >= 0.3 is 0 Å². The summed E-state index contributed by atoms with van der Waals surface area (Å²) >= 11 is 0. The number of hydrogen-bond donors (Lipinski definition) is 2. The molecule has 1 aromatic heterocycles. The number of nitrogens with zero attached hydrogens (tertiary/aromatic N) is 1. The summed E-state index contributed by atoms with van der Waals surface area (Å²) in [5, 5.41) is 4.47. The van der Waals surface area contributed by atoms with Gasteiger partial charge in [0.1, 0.15) is 10.6 Å². The fraction of sp³-hybridized carbons (Fsp3) is 0.161. The summed E-state index contributed by atoms with van der Waals surface area (Å²) in [7, 11) is -4.42. The van der Waals surface area contributed by atoms with Crippen LogP contribution in [-0.4, -0.2) is 24.1 Å². The number of para-hydroxylation sites is 1. The van der Waals surface area contributed by atoms with Gasteiger partial charge in [-0.05, 0) is 66.9 Å². The Kier molecular flexibility index (Phi) is 7.22. The van der Waals surface area contributed by atoms with Crippen LogP contribution in [0.15, 0.2) is 102 Å². The Labute approximate surface area is 223 Å². The highest BCUT2D eigenvalue weighted by atomic mass is 32.2. The lowest BCUT2D eigenvalue weighted by Gasteiger charge is -2.13. The van der Waals surface area contributed by atoms with E-state index in [1.807, 2.05) is 18.2 Å². The third-order valence-corrected chi connectivity index (χ3v) is 7.46. The first-order chi connectivity index (χ1) is 18.4. The lowest BCUT2D eigenvalue weighted by molar-refractivity contribution is 0.329. The summed E-state index contributed by atoms with van der Waals surface area (Å²) in [4.78, 5) is -0.262. The molecule has 1 heterocycles. The van der Waals surface area contributed by atoms with Crippen molar-refractivity contribution in [2.45, 2.75) is 31.7 Å². The van der Waals surface area contributed by atoms with Crippen molar-refractivity contribution >= 4 is 32.4 Å². The maximum Gasteiger partial charge on any atom is 0.298 e. The number of benzene rings is 4. The number of rotatable bonds is 9. The summed E-state index contributed by atoms with van der Waals surface area (Å²) < 4.78 is 41.1. The smallest absolute Gasteiger partial charge is 0.298 e. The Morgan fingerprint density at radius 3 is 2.21 bits per heavy atom. The standard InChI is InChI=1S/C31H30N2O4S/c1-3-33-28-13-9-8-12-26(28)27(31(33)23-10-6-5-7-11-23)20-22-14-16-24(17-15-22)32-25-18-19-29(37-4-2)30(21-25)38(34,35)36/h5-19,21,32H,3-4,20H2,1-2H3,(H,34,35,36). The minimum Gasteiger partial charge on any atom is -0.492 e. The average molecular weight is 527 g/mol. The van der Waals surface area contributed by atoms with Crippen LogP contribution in [0.4, 0.5) is 11.4 Å². The zero-order valence-electron chi connectivity index (χ0n) is 21.4. The molecule has 0 saturated carbocycles. The SMILES string of the molecule is CCOc1ccc(Nc2ccc(Cc3c(-c4ccccc4)n(CC)c4ccccc34)cc2)cc1S(=O)(=O)O. The molecule has 0 bridgehead atoms. The number of aromatic nitrogens is 1. The second-order valence-electron chi connectivity index (χ2n) is 9.02. The largest absolute Gasteiger partial charge is 0.492 e. The number of nitrogens with one attached hydrogen (secondary N) is 1. The van der Waals surface area contributed by atoms with Crippen molar-refractivity contribution in [2.75, 3.05) is 11.9 Å². The monoisotopic (exact) mass is 526 g/mol. The lowest BCUT2D eigenvalue weighted by Crippen LogP contribution is -2.04. The van der Waals surface area contributed by atoms with Gasteiger partial charge in [0.2, 0.25) is 0 Å². The van der Waals surface area contributed by atoms with Gasteiger partial charge in [0, 0.05) is 35.2 Å². The van der Waals surface area contributed by atoms with Crippen molar-refractivity contribution in [1.82, 2.24) is 4.57 Å². The van der Waals surface area contributed by atoms with Crippen LogP contribution in [0.3, 0.4) is 0 Å². The fourth-order valence-electron chi connectivity index (χ4n) is 4.95. The van der Waals surface area contributed by atoms with Crippen LogP contribution < -0.4 is 10.1 Å². The lowest BCUT2D eigenvalue weighted by atomic mass is 9.98. The van der Waals surface area contributed by atoms with Crippen LogP contribution in [0.1, 0.15) is 25.0 Å². The van der Waals surface area contributed by atoms with E-state index < -0.39 is 10.1 Å². The minimum atomic E-state index is -4.42. The zero-order chi connectivity index (χ0) is 26.7. The molecule has 4 aromatic carbocycles. The van der Waals surface area contributed by atoms with Gasteiger partial charge in [0.25, 0.3) is 10.1 Å². The van der Waals surface area contributed by atoms with Crippen LogP contribution in [0.25, 0.3) is 22.2 Å². The first kappa shape index (κ1) is 25.6. The molecule has 5 aromatic rings. The van der Waals surface area contributed by atoms with E-state index in [1.165, 1.54) is 39.9 Å². The highest BCUT2D eigenvalue weighted by Gasteiger charge is 2.19. The van der Waals surface area contributed by atoms with Crippen molar-refractivity contribution in [1.29, 1.82) is 0 Å². The first-order valence-electron chi connectivity index (χ1n) is 12.6. The quantitative estimate of drug-likeness (QED) is 0.197. The molecule has 0 saturated heterocycles. The topological polar surface area (TPSA) is 80.6 Å². The van der Waals surface area contributed by atoms with Gasteiger partial charge in [-0.3, -0.25) is 4.55 Å². The summed E-state index contributed by atoms with van der Waals surface area (Å²) in [5.41, 5.74) is 7.46. The van der Waals surface area contributed by atoms with E-state index in [1.54, 1.807) is 13.0 Å². The molecule has 7 heteroatoms. The van der Waals surface area contributed by atoms with E-state index in [0.29, 0.717) is 12.3 Å². The predicted octanol–water partition coefficient (Wildman–Crippen LogP) is 7.31. The van der Waals surface area contributed by atoms with Gasteiger partial charge in [-0.1, -0.05) is 60.7 Å². The van der Waals surface area contributed by atoms with Crippen molar-refractivity contribution in [3.8, 4) is 17.0 Å². The van der Waals surface area contributed by atoms with E-state index in [2.05, 4.69) is 77.5 Å². The van der Waals surface area contributed by atoms with Crippen molar-refractivity contribution < 1.29 is 17.7 Å². The van der Waals surface area contributed by atoms with Gasteiger partial charge in [-0.25, -0.2) is 0 Å². The number of ether oxygens (including phenoxy) is 1. The highest BCUT2D eigenvalue weighted by Crippen LogP contribution is 2.36. The molecule has 0 aliphatic rings. The third-order valence-electron chi connectivity index (χ3n) is 6.58. The number of anilines is 2. The van der Waals surface area contributed by atoms with E-state index in [4.69, 9.17) is 4.74 Å². The van der Waals surface area contributed by atoms with Gasteiger partial charge < -0.3 is 14.6 Å². The summed E-state index contributed by atoms with van der Waals surface area (Å²) in [6, 6.07) is 31.8. The second kappa shape index (κ2) is 10.7. The van der Waals surface area contributed by atoms with Crippen LogP contribution in [-0.2, 0) is 23.1 Å². The van der Waals surface area contributed by atoms with E-state index in [9.17, 15) is 13.0 Å². The highest BCUT2D eigenvalue weighted by molar-refractivity contribution is 7.86. The van der Waals surface area contributed by atoms with E-state index in [0.717, 1.165) is 24.2 Å². The van der Waals surface area contributed by atoms with Crippen LogP contribution in [0, 0.1) is 0 Å². The number of aryl methyl sites for hydroxylation is 1. The third kappa shape index (κ3) is 5.16. The number of fused-ring (bicyclic) bond motifs is 1.